The molecule has 0 bridgehead atoms. The van der Waals surface area contributed by atoms with Gasteiger partial charge >= 0.3 is 0 Å². The molecule has 2 aromatic rings. The Labute approximate surface area is 135 Å². The molecule has 0 aliphatic heterocycles. The number of hydrogen-bond acceptors (Lipinski definition) is 3. The molecule has 0 aliphatic carbocycles. The summed E-state index contributed by atoms with van der Waals surface area (Å²) in [6.07, 6.45) is 1.69. The van der Waals surface area contributed by atoms with Crippen molar-refractivity contribution in [3.8, 4) is 11.6 Å². The predicted octanol–water partition coefficient (Wildman–Crippen LogP) is 5.07. The molecular formula is C16H18Cl2N2O. The maximum absolute atomic E-state index is 6.13. The third kappa shape index (κ3) is 4.88. The average Bonchev–Trinajstić information content (AvgIpc) is 2.40. The third-order valence-corrected chi connectivity index (χ3v) is 3.29. The van der Waals surface area contributed by atoms with E-state index in [0.29, 0.717) is 28.2 Å². The molecule has 0 radical (unpaired) electrons. The van der Waals surface area contributed by atoms with Crippen LogP contribution < -0.4 is 10.1 Å². The molecule has 1 heterocycles. The van der Waals surface area contributed by atoms with Crippen LogP contribution in [0, 0.1) is 0 Å². The largest absolute Gasteiger partial charge is 0.437 e. The molecule has 0 fully saturated rings. The molecule has 1 N–H and O–H groups in total. The minimum Gasteiger partial charge on any atom is -0.437 e. The summed E-state index contributed by atoms with van der Waals surface area (Å²) in [7, 11) is 0. The van der Waals surface area contributed by atoms with E-state index in [2.05, 4.69) is 31.1 Å². The van der Waals surface area contributed by atoms with Crippen LogP contribution in [0.25, 0.3) is 0 Å². The summed E-state index contributed by atoms with van der Waals surface area (Å²) in [5, 5.41) is 4.45. The predicted molar refractivity (Wildman–Crippen MR) is 87.4 cm³/mol. The van der Waals surface area contributed by atoms with Gasteiger partial charge in [0, 0.05) is 28.9 Å². The molecule has 1 aromatic heterocycles. The summed E-state index contributed by atoms with van der Waals surface area (Å²) in [5.41, 5.74) is 0.990. The van der Waals surface area contributed by atoms with Crippen molar-refractivity contribution >= 4 is 23.2 Å². The molecule has 1 aromatic carbocycles. The fraction of sp³-hybridized carbons (Fsp3) is 0.312. The van der Waals surface area contributed by atoms with Gasteiger partial charge in [-0.1, -0.05) is 29.3 Å². The molecule has 0 atom stereocenters. The van der Waals surface area contributed by atoms with Gasteiger partial charge in [0.2, 0.25) is 5.88 Å². The smallest absolute Gasteiger partial charge is 0.223 e. The number of halogens is 2. The Hall–Kier alpha value is -1.29. The van der Waals surface area contributed by atoms with Gasteiger partial charge in [-0.15, -0.1) is 0 Å². The summed E-state index contributed by atoms with van der Waals surface area (Å²) in [5.74, 6) is 1.08. The normalized spacial score (nSPS) is 11.5. The van der Waals surface area contributed by atoms with Gasteiger partial charge in [0.25, 0.3) is 0 Å². The Morgan fingerprint density at radius 2 is 1.95 bits per heavy atom. The zero-order valence-corrected chi connectivity index (χ0v) is 13.8. The Morgan fingerprint density at radius 1 is 1.19 bits per heavy atom. The van der Waals surface area contributed by atoms with Gasteiger partial charge in [0.1, 0.15) is 5.75 Å². The van der Waals surface area contributed by atoms with Gasteiger partial charge in [-0.25, -0.2) is 4.98 Å². The summed E-state index contributed by atoms with van der Waals surface area (Å²) in [6, 6.07) is 8.98. The van der Waals surface area contributed by atoms with Crippen LogP contribution in [-0.2, 0) is 6.54 Å². The highest BCUT2D eigenvalue weighted by molar-refractivity contribution is 6.35. The van der Waals surface area contributed by atoms with Crippen molar-refractivity contribution < 1.29 is 4.74 Å². The van der Waals surface area contributed by atoms with E-state index in [0.717, 1.165) is 5.56 Å². The SMILES string of the molecule is CC(C)(C)NCc1cccnc1Oc1ccc(Cl)cc1Cl. The van der Waals surface area contributed by atoms with Crippen molar-refractivity contribution in [1.29, 1.82) is 0 Å². The molecule has 112 valence electrons. The lowest BCUT2D eigenvalue weighted by atomic mass is 10.1. The first-order valence-corrected chi connectivity index (χ1v) is 7.42. The van der Waals surface area contributed by atoms with Crippen LogP contribution in [0.5, 0.6) is 11.6 Å². The van der Waals surface area contributed by atoms with E-state index < -0.39 is 0 Å². The standard InChI is InChI=1S/C16H18Cl2N2O/c1-16(2,3)20-10-11-5-4-8-19-15(11)21-14-7-6-12(17)9-13(14)18/h4-9,20H,10H2,1-3H3. The van der Waals surface area contributed by atoms with E-state index >= 15 is 0 Å². The summed E-state index contributed by atoms with van der Waals surface area (Å²) < 4.78 is 5.82. The van der Waals surface area contributed by atoms with Gasteiger partial charge < -0.3 is 10.1 Å². The molecule has 0 spiro atoms. The molecule has 3 nitrogen and oxygen atoms in total. The molecule has 2 rings (SSSR count). The van der Waals surface area contributed by atoms with Crippen LogP contribution >= 0.6 is 23.2 Å². The van der Waals surface area contributed by atoms with Crippen LogP contribution in [-0.4, -0.2) is 10.5 Å². The van der Waals surface area contributed by atoms with Crippen LogP contribution in [0.2, 0.25) is 10.0 Å². The Bertz CT molecular complexity index is 624. The van der Waals surface area contributed by atoms with Gasteiger partial charge in [0.15, 0.2) is 0 Å². The maximum Gasteiger partial charge on any atom is 0.223 e. The summed E-state index contributed by atoms with van der Waals surface area (Å²) in [6.45, 7) is 7.00. The van der Waals surface area contributed by atoms with Crippen LogP contribution in [0.4, 0.5) is 0 Å². The van der Waals surface area contributed by atoms with Crippen molar-refractivity contribution in [3.05, 3.63) is 52.1 Å². The molecule has 5 heteroatoms. The van der Waals surface area contributed by atoms with E-state index in [1.807, 2.05) is 12.1 Å². The summed E-state index contributed by atoms with van der Waals surface area (Å²) >= 11 is 12.0. The zero-order chi connectivity index (χ0) is 15.5. The Kier molecular flexibility index (Phi) is 5.09. The van der Waals surface area contributed by atoms with Crippen molar-refractivity contribution in [3.63, 3.8) is 0 Å². The minimum absolute atomic E-state index is 0.0189. The van der Waals surface area contributed by atoms with E-state index in [1.165, 1.54) is 0 Å². The lowest BCUT2D eigenvalue weighted by molar-refractivity contribution is 0.409. The van der Waals surface area contributed by atoms with Crippen LogP contribution in [0.3, 0.4) is 0 Å². The third-order valence-electron chi connectivity index (χ3n) is 2.76. The number of hydrogen-bond donors (Lipinski definition) is 1. The lowest BCUT2D eigenvalue weighted by Crippen LogP contribution is -2.35. The van der Waals surface area contributed by atoms with Crippen molar-refractivity contribution in [2.24, 2.45) is 0 Å². The second kappa shape index (κ2) is 6.65. The molecule has 0 unspecified atom stereocenters. The van der Waals surface area contributed by atoms with Gasteiger partial charge in [-0.2, -0.15) is 0 Å². The molecule has 21 heavy (non-hydrogen) atoms. The molecule has 0 amide bonds. The maximum atomic E-state index is 6.13. The number of nitrogens with one attached hydrogen (secondary N) is 1. The number of aromatic nitrogens is 1. The van der Waals surface area contributed by atoms with Gasteiger partial charge in [0.05, 0.1) is 5.02 Å². The number of rotatable bonds is 4. The lowest BCUT2D eigenvalue weighted by Gasteiger charge is -2.21. The Balaban J connectivity index is 2.20. The van der Waals surface area contributed by atoms with Crippen molar-refractivity contribution in [2.75, 3.05) is 0 Å². The molecule has 0 aliphatic rings. The average molecular weight is 325 g/mol. The zero-order valence-electron chi connectivity index (χ0n) is 12.3. The minimum atomic E-state index is 0.0189. The van der Waals surface area contributed by atoms with Crippen LogP contribution in [0.1, 0.15) is 26.3 Å². The van der Waals surface area contributed by atoms with Crippen LogP contribution in [0.15, 0.2) is 36.5 Å². The molecular weight excluding hydrogens is 307 g/mol. The highest BCUT2D eigenvalue weighted by atomic mass is 35.5. The Morgan fingerprint density at radius 3 is 2.62 bits per heavy atom. The number of nitrogens with zero attached hydrogens (tertiary/aromatic N) is 1. The first-order valence-electron chi connectivity index (χ1n) is 6.67. The monoisotopic (exact) mass is 324 g/mol. The van der Waals surface area contributed by atoms with E-state index in [9.17, 15) is 0 Å². The van der Waals surface area contributed by atoms with Gasteiger partial charge in [-0.3, -0.25) is 0 Å². The summed E-state index contributed by atoms with van der Waals surface area (Å²) in [4.78, 5) is 4.28. The second-order valence-electron chi connectivity index (χ2n) is 5.75. The second-order valence-corrected chi connectivity index (χ2v) is 6.59. The number of ether oxygens (including phenoxy) is 1. The first-order chi connectivity index (χ1) is 9.85. The molecule has 0 saturated heterocycles. The quantitative estimate of drug-likeness (QED) is 0.852. The van der Waals surface area contributed by atoms with E-state index in [-0.39, 0.29) is 5.54 Å². The van der Waals surface area contributed by atoms with E-state index in [4.69, 9.17) is 27.9 Å². The first kappa shape index (κ1) is 16.1. The highest BCUT2D eigenvalue weighted by Crippen LogP contribution is 2.32. The van der Waals surface area contributed by atoms with E-state index in [1.54, 1.807) is 24.4 Å². The number of benzene rings is 1. The fourth-order valence-corrected chi connectivity index (χ4v) is 2.12. The van der Waals surface area contributed by atoms with Crippen molar-refractivity contribution in [2.45, 2.75) is 32.9 Å². The van der Waals surface area contributed by atoms with Crippen molar-refractivity contribution in [1.82, 2.24) is 10.3 Å². The van der Waals surface area contributed by atoms with Gasteiger partial charge in [-0.05, 0) is 45.0 Å². The highest BCUT2D eigenvalue weighted by Gasteiger charge is 2.13. The fourth-order valence-electron chi connectivity index (χ4n) is 1.67. The molecule has 0 saturated carbocycles. The number of pyridine rings is 1. The topological polar surface area (TPSA) is 34.2 Å².